The first-order chi connectivity index (χ1) is 8.20. The molecule has 1 N–H and O–H groups in total. The van der Waals surface area contributed by atoms with Gasteiger partial charge in [-0.2, -0.15) is 0 Å². The highest BCUT2D eigenvalue weighted by Crippen LogP contribution is 2.25. The van der Waals surface area contributed by atoms with Crippen LogP contribution in [0.15, 0.2) is 34.7 Å². The Balaban J connectivity index is 2.18. The van der Waals surface area contributed by atoms with Crippen molar-refractivity contribution < 1.29 is 4.42 Å². The van der Waals surface area contributed by atoms with E-state index in [4.69, 9.17) is 4.42 Å². The lowest BCUT2D eigenvalue weighted by molar-refractivity contribution is 0.346. The fraction of sp³-hybridized carbons (Fsp3) is 0.429. The molecular formula is C14H20N2O. The van der Waals surface area contributed by atoms with E-state index in [2.05, 4.69) is 36.4 Å². The summed E-state index contributed by atoms with van der Waals surface area (Å²) in [7, 11) is 6.16. The molecule has 3 nitrogen and oxygen atoms in total. The van der Waals surface area contributed by atoms with Crippen molar-refractivity contribution in [3.8, 4) is 0 Å². The highest BCUT2D eigenvalue weighted by atomic mass is 16.3. The van der Waals surface area contributed by atoms with Gasteiger partial charge in [0.25, 0.3) is 0 Å². The minimum Gasteiger partial charge on any atom is -0.459 e. The van der Waals surface area contributed by atoms with Crippen LogP contribution in [0.4, 0.5) is 0 Å². The first-order valence-corrected chi connectivity index (χ1v) is 6.01. The first-order valence-electron chi connectivity index (χ1n) is 6.01. The zero-order valence-corrected chi connectivity index (χ0v) is 10.7. The molecule has 0 fully saturated rings. The van der Waals surface area contributed by atoms with Gasteiger partial charge in [-0.15, -0.1) is 0 Å². The van der Waals surface area contributed by atoms with Crippen LogP contribution in [0.5, 0.6) is 0 Å². The van der Waals surface area contributed by atoms with Crippen LogP contribution in [-0.2, 0) is 0 Å². The zero-order valence-electron chi connectivity index (χ0n) is 10.7. The van der Waals surface area contributed by atoms with Gasteiger partial charge in [0.05, 0.1) is 6.04 Å². The van der Waals surface area contributed by atoms with Gasteiger partial charge >= 0.3 is 0 Å². The molecular weight excluding hydrogens is 212 g/mol. The van der Waals surface area contributed by atoms with E-state index in [0.29, 0.717) is 0 Å². The summed E-state index contributed by atoms with van der Waals surface area (Å²) in [5, 5.41) is 4.49. The normalized spacial score (nSPS) is 13.4. The van der Waals surface area contributed by atoms with Crippen LogP contribution in [0.2, 0.25) is 0 Å². The molecule has 17 heavy (non-hydrogen) atoms. The quantitative estimate of drug-likeness (QED) is 0.859. The van der Waals surface area contributed by atoms with E-state index in [9.17, 15) is 0 Å². The number of para-hydroxylation sites is 1. The standard InChI is InChI=1S/C14H20N2O/c1-15-12(8-9-16(2)3)14-10-11-6-4-5-7-13(11)17-14/h4-7,10,12,15H,8-9H2,1-3H3. The van der Waals surface area contributed by atoms with E-state index in [1.54, 1.807) is 0 Å². The molecule has 0 amide bonds. The van der Waals surface area contributed by atoms with Crippen LogP contribution >= 0.6 is 0 Å². The molecule has 1 heterocycles. The van der Waals surface area contributed by atoms with Gasteiger partial charge < -0.3 is 14.6 Å². The fourth-order valence-corrected chi connectivity index (χ4v) is 1.99. The van der Waals surface area contributed by atoms with Crippen LogP contribution in [0.3, 0.4) is 0 Å². The number of hydrogen-bond acceptors (Lipinski definition) is 3. The van der Waals surface area contributed by atoms with Gasteiger partial charge in [-0.05, 0) is 46.2 Å². The lowest BCUT2D eigenvalue weighted by atomic mass is 10.1. The van der Waals surface area contributed by atoms with Crippen molar-refractivity contribution in [1.82, 2.24) is 10.2 Å². The lowest BCUT2D eigenvalue weighted by Crippen LogP contribution is -2.22. The molecule has 0 saturated carbocycles. The highest BCUT2D eigenvalue weighted by molar-refractivity contribution is 5.77. The predicted octanol–water partition coefficient (Wildman–Crippen LogP) is 2.65. The summed E-state index contributed by atoms with van der Waals surface area (Å²) in [4.78, 5) is 2.19. The number of nitrogens with one attached hydrogen (secondary N) is 1. The SMILES string of the molecule is CNC(CCN(C)C)c1cc2ccccc2o1. The maximum atomic E-state index is 5.87. The number of benzene rings is 1. The van der Waals surface area contributed by atoms with Gasteiger partial charge in [0, 0.05) is 5.39 Å². The Labute approximate surface area is 102 Å². The predicted molar refractivity (Wildman–Crippen MR) is 71.2 cm³/mol. The maximum absolute atomic E-state index is 5.87. The van der Waals surface area contributed by atoms with Crippen molar-refractivity contribution in [2.24, 2.45) is 0 Å². The summed E-state index contributed by atoms with van der Waals surface area (Å²) in [5.74, 6) is 1.02. The third-order valence-electron chi connectivity index (χ3n) is 3.00. The number of rotatable bonds is 5. The fourth-order valence-electron chi connectivity index (χ4n) is 1.99. The average Bonchev–Trinajstić information content (AvgIpc) is 2.72. The Hall–Kier alpha value is -1.32. The second kappa shape index (κ2) is 5.34. The monoisotopic (exact) mass is 232 g/mol. The van der Waals surface area contributed by atoms with E-state index in [0.717, 1.165) is 24.3 Å². The Bertz CT molecular complexity index is 443. The van der Waals surface area contributed by atoms with Crippen LogP contribution in [0, 0.1) is 0 Å². The van der Waals surface area contributed by atoms with E-state index >= 15 is 0 Å². The Morgan fingerprint density at radius 2 is 2.06 bits per heavy atom. The summed E-state index contributed by atoms with van der Waals surface area (Å²) in [5.41, 5.74) is 0.965. The summed E-state index contributed by atoms with van der Waals surface area (Å²) in [6, 6.07) is 10.6. The summed E-state index contributed by atoms with van der Waals surface area (Å²) in [6.07, 6.45) is 1.04. The molecule has 3 heteroatoms. The van der Waals surface area contributed by atoms with Gasteiger partial charge in [0.2, 0.25) is 0 Å². The minimum absolute atomic E-state index is 0.282. The molecule has 0 saturated heterocycles. The number of hydrogen-bond donors (Lipinski definition) is 1. The van der Waals surface area contributed by atoms with Crippen LogP contribution in [0.25, 0.3) is 11.0 Å². The minimum atomic E-state index is 0.282. The smallest absolute Gasteiger partial charge is 0.134 e. The van der Waals surface area contributed by atoms with E-state index in [-0.39, 0.29) is 6.04 Å². The van der Waals surface area contributed by atoms with E-state index < -0.39 is 0 Å². The Kier molecular flexibility index (Phi) is 3.82. The highest BCUT2D eigenvalue weighted by Gasteiger charge is 2.14. The molecule has 1 aromatic carbocycles. The summed E-state index contributed by atoms with van der Waals surface area (Å²) >= 11 is 0. The maximum Gasteiger partial charge on any atom is 0.134 e. The summed E-state index contributed by atoms with van der Waals surface area (Å²) in [6.45, 7) is 1.04. The van der Waals surface area contributed by atoms with Gasteiger partial charge in [0.15, 0.2) is 0 Å². The first kappa shape index (κ1) is 12.1. The van der Waals surface area contributed by atoms with Crippen molar-refractivity contribution in [1.29, 1.82) is 0 Å². The molecule has 1 unspecified atom stereocenters. The molecule has 2 rings (SSSR count). The Morgan fingerprint density at radius 3 is 2.71 bits per heavy atom. The van der Waals surface area contributed by atoms with Gasteiger partial charge in [-0.25, -0.2) is 0 Å². The van der Waals surface area contributed by atoms with Crippen molar-refractivity contribution >= 4 is 11.0 Å². The topological polar surface area (TPSA) is 28.4 Å². The van der Waals surface area contributed by atoms with E-state index in [1.165, 1.54) is 5.39 Å². The molecule has 0 aliphatic heterocycles. The van der Waals surface area contributed by atoms with Crippen molar-refractivity contribution in [2.75, 3.05) is 27.7 Å². The van der Waals surface area contributed by atoms with E-state index in [1.807, 2.05) is 25.2 Å². The average molecular weight is 232 g/mol. The van der Waals surface area contributed by atoms with Gasteiger partial charge in [-0.3, -0.25) is 0 Å². The third kappa shape index (κ3) is 2.87. The van der Waals surface area contributed by atoms with Crippen molar-refractivity contribution in [2.45, 2.75) is 12.5 Å². The molecule has 0 radical (unpaired) electrons. The molecule has 2 aromatic rings. The second-order valence-electron chi connectivity index (χ2n) is 4.62. The number of nitrogens with zero attached hydrogens (tertiary/aromatic N) is 1. The molecule has 0 aliphatic rings. The number of furan rings is 1. The molecule has 0 aliphatic carbocycles. The van der Waals surface area contributed by atoms with Crippen molar-refractivity contribution in [3.63, 3.8) is 0 Å². The lowest BCUT2D eigenvalue weighted by Gasteiger charge is -2.16. The third-order valence-corrected chi connectivity index (χ3v) is 3.00. The zero-order chi connectivity index (χ0) is 12.3. The van der Waals surface area contributed by atoms with Crippen LogP contribution in [-0.4, -0.2) is 32.6 Å². The van der Waals surface area contributed by atoms with Crippen LogP contribution < -0.4 is 5.32 Å². The largest absolute Gasteiger partial charge is 0.459 e. The number of fused-ring (bicyclic) bond motifs is 1. The molecule has 0 bridgehead atoms. The summed E-state index contributed by atoms with van der Waals surface area (Å²) < 4.78 is 5.87. The molecule has 1 aromatic heterocycles. The van der Waals surface area contributed by atoms with Crippen LogP contribution in [0.1, 0.15) is 18.2 Å². The van der Waals surface area contributed by atoms with Gasteiger partial charge in [-0.1, -0.05) is 18.2 Å². The molecule has 92 valence electrons. The molecule has 1 atom stereocenters. The molecule has 0 spiro atoms. The Morgan fingerprint density at radius 1 is 1.29 bits per heavy atom. The van der Waals surface area contributed by atoms with Crippen molar-refractivity contribution in [3.05, 3.63) is 36.1 Å². The van der Waals surface area contributed by atoms with Gasteiger partial charge in [0.1, 0.15) is 11.3 Å². The second-order valence-corrected chi connectivity index (χ2v) is 4.62.